The van der Waals surface area contributed by atoms with Crippen molar-refractivity contribution < 1.29 is 9.59 Å². The highest BCUT2D eigenvalue weighted by molar-refractivity contribution is 7.14. The van der Waals surface area contributed by atoms with Gasteiger partial charge in [0, 0.05) is 30.6 Å². The molecule has 0 atom stereocenters. The fraction of sp³-hybridized carbons (Fsp3) is 0.222. The monoisotopic (exact) mass is 367 g/mol. The molecule has 3 heterocycles. The third-order valence-electron chi connectivity index (χ3n) is 4.43. The summed E-state index contributed by atoms with van der Waals surface area (Å²) in [5.41, 5.74) is 2.37. The number of aromatic nitrogens is 3. The number of aromatic amines is 1. The summed E-state index contributed by atoms with van der Waals surface area (Å²) in [7, 11) is 1.62. The summed E-state index contributed by atoms with van der Waals surface area (Å²) in [5, 5.41) is 9.33. The maximum Gasteiger partial charge on any atom is 0.261 e. The van der Waals surface area contributed by atoms with Gasteiger partial charge in [0.05, 0.1) is 10.4 Å². The van der Waals surface area contributed by atoms with Crippen molar-refractivity contribution in [2.75, 3.05) is 13.6 Å². The zero-order valence-corrected chi connectivity index (χ0v) is 15.0. The van der Waals surface area contributed by atoms with E-state index in [1.807, 2.05) is 29.2 Å². The fourth-order valence-electron chi connectivity index (χ4n) is 3.12. The number of fused-ring (bicyclic) bond motifs is 1. The second-order valence-electron chi connectivity index (χ2n) is 5.99. The van der Waals surface area contributed by atoms with E-state index in [9.17, 15) is 9.59 Å². The van der Waals surface area contributed by atoms with Crippen molar-refractivity contribution >= 4 is 23.2 Å². The summed E-state index contributed by atoms with van der Waals surface area (Å²) >= 11 is 1.51. The maximum atomic E-state index is 13.1. The summed E-state index contributed by atoms with van der Waals surface area (Å²) in [4.78, 5) is 32.8. The van der Waals surface area contributed by atoms with E-state index in [1.165, 1.54) is 22.5 Å². The Labute approximate surface area is 154 Å². The molecule has 0 aliphatic carbocycles. The average Bonchev–Trinajstić information content (AvgIpc) is 3.35. The lowest BCUT2D eigenvalue weighted by Crippen LogP contribution is -2.35. The lowest BCUT2D eigenvalue weighted by atomic mass is 10.0. The minimum absolute atomic E-state index is 0.0460. The first-order chi connectivity index (χ1) is 12.7. The molecule has 0 radical (unpaired) electrons. The molecule has 3 aromatic rings. The molecule has 0 saturated carbocycles. The summed E-state index contributed by atoms with van der Waals surface area (Å²) in [6.07, 6.45) is 2.18. The SMILES string of the molecule is CNC(=O)c1cc2c(s1)CCN(C(=O)c1ccccc1-c1ncn[nH]1)C2. The van der Waals surface area contributed by atoms with Gasteiger partial charge >= 0.3 is 0 Å². The Hall–Kier alpha value is -3.00. The normalized spacial score (nSPS) is 13.3. The van der Waals surface area contributed by atoms with Crippen LogP contribution in [-0.2, 0) is 13.0 Å². The van der Waals surface area contributed by atoms with Gasteiger partial charge in [-0.1, -0.05) is 18.2 Å². The molecule has 0 spiro atoms. The van der Waals surface area contributed by atoms with Gasteiger partial charge in [-0.3, -0.25) is 14.7 Å². The molecule has 1 aromatic carbocycles. The molecule has 8 heteroatoms. The number of hydrogen-bond donors (Lipinski definition) is 2. The number of rotatable bonds is 3. The maximum absolute atomic E-state index is 13.1. The molecule has 2 amide bonds. The van der Waals surface area contributed by atoms with Crippen LogP contribution in [-0.4, -0.2) is 45.5 Å². The van der Waals surface area contributed by atoms with Crippen LogP contribution in [0.4, 0.5) is 0 Å². The highest BCUT2D eigenvalue weighted by Gasteiger charge is 2.26. The van der Waals surface area contributed by atoms with Gasteiger partial charge in [-0.15, -0.1) is 11.3 Å². The number of H-pyrrole nitrogens is 1. The van der Waals surface area contributed by atoms with Gasteiger partial charge in [0.25, 0.3) is 11.8 Å². The first kappa shape index (κ1) is 16.5. The molecule has 2 N–H and O–H groups in total. The van der Waals surface area contributed by atoms with E-state index in [4.69, 9.17) is 0 Å². The fourth-order valence-corrected chi connectivity index (χ4v) is 4.23. The van der Waals surface area contributed by atoms with Crippen molar-refractivity contribution in [2.24, 2.45) is 0 Å². The zero-order valence-electron chi connectivity index (χ0n) is 14.2. The number of carbonyl (C=O) groups is 2. The van der Waals surface area contributed by atoms with Crippen LogP contribution in [0.25, 0.3) is 11.4 Å². The largest absolute Gasteiger partial charge is 0.354 e. The number of benzene rings is 1. The minimum atomic E-state index is -0.0852. The van der Waals surface area contributed by atoms with Crippen LogP contribution in [0.2, 0.25) is 0 Å². The summed E-state index contributed by atoms with van der Waals surface area (Å²) < 4.78 is 0. The summed E-state index contributed by atoms with van der Waals surface area (Å²) in [6.45, 7) is 1.14. The number of amides is 2. The summed E-state index contributed by atoms with van der Waals surface area (Å²) in [6, 6.07) is 9.27. The summed E-state index contributed by atoms with van der Waals surface area (Å²) in [5.74, 6) is 0.442. The van der Waals surface area contributed by atoms with Gasteiger partial charge in [-0.2, -0.15) is 5.10 Å². The van der Waals surface area contributed by atoms with E-state index in [0.29, 0.717) is 29.4 Å². The smallest absolute Gasteiger partial charge is 0.261 e. The highest BCUT2D eigenvalue weighted by atomic mass is 32.1. The standard InChI is InChI=1S/C18H17N5O2S/c1-19-17(24)15-8-11-9-23(7-6-14(11)26-15)18(25)13-5-3-2-4-12(13)16-20-10-21-22-16/h2-5,8,10H,6-7,9H2,1H3,(H,19,24)(H,20,21,22). The highest BCUT2D eigenvalue weighted by Crippen LogP contribution is 2.30. The first-order valence-electron chi connectivity index (χ1n) is 8.25. The Morgan fingerprint density at radius 3 is 2.92 bits per heavy atom. The van der Waals surface area contributed by atoms with Crippen molar-refractivity contribution in [3.63, 3.8) is 0 Å². The zero-order chi connectivity index (χ0) is 18.1. The van der Waals surface area contributed by atoms with Crippen LogP contribution in [0.5, 0.6) is 0 Å². The Kier molecular flexibility index (Phi) is 4.26. The van der Waals surface area contributed by atoms with Gasteiger partial charge in [0.2, 0.25) is 0 Å². The topological polar surface area (TPSA) is 91.0 Å². The number of carbonyl (C=O) groups excluding carboxylic acids is 2. The van der Waals surface area contributed by atoms with Crippen molar-refractivity contribution in [3.8, 4) is 11.4 Å². The molecule has 0 fully saturated rings. The molecule has 1 aliphatic rings. The Bertz CT molecular complexity index is 964. The number of nitrogens with zero attached hydrogens (tertiary/aromatic N) is 3. The van der Waals surface area contributed by atoms with Crippen LogP contribution in [0.15, 0.2) is 36.7 Å². The van der Waals surface area contributed by atoms with Gasteiger partial charge < -0.3 is 10.2 Å². The lowest BCUT2D eigenvalue weighted by Gasteiger charge is -2.27. The van der Waals surface area contributed by atoms with Gasteiger partial charge in [0.15, 0.2) is 5.82 Å². The molecule has 2 aromatic heterocycles. The van der Waals surface area contributed by atoms with Crippen LogP contribution >= 0.6 is 11.3 Å². The van der Waals surface area contributed by atoms with Gasteiger partial charge in [0.1, 0.15) is 6.33 Å². The third-order valence-corrected chi connectivity index (χ3v) is 5.67. The molecule has 0 saturated heterocycles. The second-order valence-corrected chi connectivity index (χ2v) is 7.13. The van der Waals surface area contributed by atoms with Crippen molar-refractivity contribution in [1.29, 1.82) is 0 Å². The quantitative estimate of drug-likeness (QED) is 0.742. The van der Waals surface area contributed by atoms with E-state index < -0.39 is 0 Å². The third kappa shape index (κ3) is 2.88. The molecular weight excluding hydrogens is 350 g/mol. The van der Waals surface area contributed by atoms with Gasteiger partial charge in [-0.05, 0) is 24.1 Å². The van der Waals surface area contributed by atoms with Crippen LogP contribution in [0.1, 0.15) is 30.5 Å². The number of nitrogens with one attached hydrogen (secondary N) is 2. The first-order valence-corrected chi connectivity index (χ1v) is 9.06. The van der Waals surface area contributed by atoms with Crippen molar-refractivity contribution in [1.82, 2.24) is 25.4 Å². The second kappa shape index (κ2) is 6.72. The van der Waals surface area contributed by atoms with E-state index in [1.54, 1.807) is 13.1 Å². The molecule has 7 nitrogen and oxygen atoms in total. The van der Waals surface area contributed by atoms with Crippen molar-refractivity contribution in [2.45, 2.75) is 13.0 Å². The molecule has 132 valence electrons. The molecular formula is C18H17N5O2S. The van der Waals surface area contributed by atoms with Crippen LogP contribution in [0.3, 0.4) is 0 Å². The van der Waals surface area contributed by atoms with E-state index in [0.717, 1.165) is 17.5 Å². The van der Waals surface area contributed by atoms with E-state index in [2.05, 4.69) is 20.5 Å². The minimum Gasteiger partial charge on any atom is -0.354 e. The van der Waals surface area contributed by atoms with Crippen molar-refractivity contribution in [3.05, 3.63) is 57.5 Å². The molecule has 4 rings (SSSR count). The Morgan fingerprint density at radius 1 is 1.31 bits per heavy atom. The van der Waals surface area contributed by atoms with Crippen LogP contribution < -0.4 is 5.32 Å². The predicted octanol–water partition coefficient (Wildman–Crippen LogP) is 2.09. The Morgan fingerprint density at radius 2 is 2.15 bits per heavy atom. The van der Waals surface area contributed by atoms with Crippen LogP contribution in [0, 0.1) is 0 Å². The lowest BCUT2D eigenvalue weighted by molar-refractivity contribution is 0.0736. The average molecular weight is 367 g/mol. The number of thiophene rings is 1. The molecule has 26 heavy (non-hydrogen) atoms. The predicted molar refractivity (Wildman–Crippen MR) is 98.0 cm³/mol. The van der Waals surface area contributed by atoms with E-state index >= 15 is 0 Å². The Balaban J connectivity index is 1.61. The molecule has 0 unspecified atom stereocenters. The molecule has 0 bridgehead atoms. The molecule has 1 aliphatic heterocycles. The van der Waals surface area contributed by atoms with E-state index in [-0.39, 0.29) is 11.8 Å². The number of hydrogen-bond acceptors (Lipinski definition) is 5. The van der Waals surface area contributed by atoms with Gasteiger partial charge in [-0.25, -0.2) is 4.98 Å².